The third-order valence-electron chi connectivity index (χ3n) is 3.47. The highest BCUT2D eigenvalue weighted by Gasteiger charge is 2.35. The smallest absolute Gasteiger partial charge is 0.261 e. The number of phenols is 1. The summed E-state index contributed by atoms with van der Waals surface area (Å²) in [5.74, 6) is -1.16. The second-order valence-corrected chi connectivity index (χ2v) is 5.28. The summed E-state index contributed by atoms with van der Waals surface area (Å²) in [5.41, 5.74) is 9.59. The Kier molecular flexibility index (Phi) is 3.65. The van der Waals surface area contributed by atoms with E-state index in [2.05, 4.69) is 10.0 Å². The number of fused-ring (bicyclic) bond motifs is 1. The zero-order chi connectivity index (χ0) is 16.6. The largest absolute Gasteiger partial charge is 0.506 e. The van der Waals surface area contributed by atoms with Gasteiger partial charge in [0.05, 0.1) is 28.4 Å². The fraction of sp³-hybridized carbons (Fsp3) is 0.0667. The van der Waals surface area contributed by atoms with Crippen molar-refractivity contribution >= 4 is 29.1 Å². The predicted octanol–water partition coefficient (Wildman–Crippen LogP) is 3.78. The van der Waals surface area contributed by atoms with Crippen molar-refractivity contribution in [2.24, 2.45) is 5.11 Å². The summed E-state index contributed by atoms with van der Waals surface area (Å²) < 4.78 is 0. The summed E-state index contributed by atoms with van der Waals surface area (Å²) in [6.45, 7) is -0.0414. The third kappa shape index (κ3) is 2.48. The Balaban J connectivity index is 1.96. The number of imide groups is 1. The number of halogens is 1. The SMILES string of the molecule is [N-]=[N+]=Nc1cc(CN2C(=O)c3ccccc3C2=O)cc(Cl)c1O. The van der Waals surface area contributed by atoms with E-state index in [0.717, 1.165) is 4.90 Å². The third-order valence-corrected chi connectivity index (χ3v) is 3.76. The number of amides is 2. The zero-order valence-corrected chi connectivity index (χ0v) is 12.4. The van der Waals surface area contributed by atoms with Gasteiger partial charge in [-0.2, -0.15) is 0 Å². The normalized spacial score (nSPS) is 13.0. The number of hydrogen-bond donors (Lipinski definition) is 1. The average molecular weight is 329 g/mol. The van der Waals surface area contributed by atoms with Crippen molar-refractivity contribution in [3.05, 3.63) is 68.6 Å². The topological polar surface area (TPSA) is 106 Å². The summed E-state index contributed by atoms with van der Waals surface area (Å²) in [6.07, 6.45) is 0. The lowest BCUT2D eigenvalue weighted by molar-refractivity contribution is 0.0642. The lowest BCUT2D eigenvalue weighted by Gasteiger charge is -2.15. The Morgan fingerprint density at radius 2 is 1.78 bits per heavy atom. The molecule has 7 nitrogen and oxygen atoms in total. The molecule has 0 unspecified atom stereocenters. The summed E-state index contributed by atoms with van der Waals surface area (Å²) in [6, 6.07) is 9.34. The molecule has 1 N–H and O–H groups in total. The van der Waals surface area contributed by atoms with E-state index in [1.807, 2.05) is 0 Å². The number of hydrogen-bond acceptors (Lipinski definition) is 4. The molecule has 8 heteroatoms. The summed E-state index contributed by atoms with van der Waals surface area (Å²) in [4.78, 5) is 28.3. The van der Waals surface area contributed by atoms with Crippen molar-refractivity contribution < 1.29 is 14.7 Å². The molecule has 0 aromatic heterocycles. The molecular weight excluding hydrogens is 320 g/mol. The van der Waals surface area contributed by atoms with Crippen LogP contribution in [0.25, 0.3) is 10.4 Å². The molecule has 1 aliphatic rings. The van der Waals surface area contributed by atoms with Gasteiger partial charge in [0, 0.05) is 4.91 Å². The van der Waals surface area contributed by atoms with Gasteiger partial charge in [-0.25, -0.2) is 0 Å². The molecule has 2 aromatic rings. The molecular formula is C15H9ClN4O3. The van der Waals surface area contributed by atoms with Crippen molar-refractivity contribution in [2.75, 3.05) is 0 Å². The van der Waals surface area contributed by atoms with Crippen molar-refractivity contribution in [2.45, 2.75) is 6.54 Å². The minimum atomic E-state index is -0.403. The molecule has 3 rings (SSSR count). The van der Waals surface area contributed by atoms with Gasteiger partial charge in [-0.05, 0) is 35.4 Å². The van der Waals surface area contributed by atoms with E-state index in [0.29, 0.717) is 16.7 Å². The molecule has 0 fully saturated rings. The molecule has 0 saturated carbocycles. The van der Waals surface area contributed by atoms with Gasteiger partial charge < -0.3 is 5.11 Å². The molecule has 23 heavy (non-hydrogen) atoms. The first kappa shape index (κ1) is 14.9. The number of azide groups is 1. The highest BCUT2D eigenvalue weighted by molar-refractivity contribution is 6.32. The van der Waals surface area contributed by atoms with Gasteiger partial charge in [0.1, 0.15) is 5.75 Å². The molecule has 0 radical (unpaired) electrons. The van der Waals surface area contributed by atoms with Gasteiger partial charge in [-0.15, -0.1) is 0 Å². The van der Waals surface area contributed by atoms with Gasteiger partial charge in [0.25, 0.3) is 11.8 Å². The van der Waals surface area contributed by atoms with Crippen LogP contribution in [0.5, 0.6) is 5.75 Å². The molecule has 0 atom stereocenters. The number of nitrogens with zero attached hydrogens (tertiary/aromatic N) is 4. The van der Waals surface area contributed by atoms with E-state index >= 15 is 0 Å². The Labute approximate surface area is 135 Å². The Morgan fingerprint density at radius 3 is 2.35 bits per heavy atom. The van der Waals surface area contributed by atoms with Gasteiger partial charge in [-0.3, -0.25) is 14.5 Å². The van der Waals surface area contributed by atoms with Crippen LogP contribution >= 0.6 is 11.6 Å². The van der Waals surface area contributed by atoms with E-state index in [-0.39, 0.29) is 23.0 Å². The van der Waals surface area contributed by atoms with Crippen molar-refractivity contribution in [3.8, 4) is 5.75 Å². The summed E-state index contributed by atoms with van der Waals surface area (Å²) in [7, 11) is 0. The molecule has 2 aromatic carbocycles. The summed E-state index contributed by atoms with van der Waals surface area (Å²) >= 11 is 5.88. The predicted molar refractivity (Wildman–Crippen MR) is 82.6 cm³/mol. The van der Waals surface area contributed by atoms with Crippen LogP contribution in [0.2, 0.25) is 5.02 Å². The van der Waals surface area contributed by atoms with Crippen molar-refractivity contribution in [1.29, 1.82) is 0 Å². The van der Waals surface area contributed by atoms with E-state index in [1.165, 1.54) is 12.1 Å². The Morgan fingerprint density at radius 1 is 1.17 bits per heavy atom. The van der Waals surface area contributed by atoms with Gasteiger partial charge >= 0.3 is 0 Å². The quantitative estimate of drug-likeness (QED) is 0.401. The first-order valence-corrected chi connectivity index (χ1v) is 6.92. The molecule has 0 saturated heterocycles. The van der Waals surface area contributed by atoms with E-state index in [9.17, 15) is 14.7 Å². The van der Waals surface area contributed by atoms with Crippen molar-refractivity contribution in [3.63, 3.8) is 0 Å². The van der Waals surface area contributed by atoms with Crippen LogP contribution in [-0.4, -0.2) is 21.8 Å². The highest BCUT2D eigenvalue weighted by atomic mass is 35.5. The maximum atomic E-state index is 12.3. The van der Waals surface area contributed by atoms with Crippen LogP contribution in [0.4, 0.5) is 5.69 Å². The lowest BCUT2D eigenvalue weighted by Crippen LogP contribution is -2.29. The number of rotatable bonds is 3. The first-order chi connectivity index (χ1) is 11.0. The van der Waals surface area contributed by atoms with Crippen LogP contribution in [0.15, 0.2) is 41.5 Å². The Hall–Kier alpha value is -3.02. The zero-order valence-electron chi connectivity index (χ0n) is 11.6. The second-order valence-electron chi connectivity index (χ2n) is 4.88. The number of phenolic OH excluding ortho intramolecular Hbond substituents is 1. The number of carbonyl (C=O) groups excluding carboxylic acids is 2. The minimum absolute atomic E-state index is 0.0264. The average Bonchev–Trinajstić information content (AvgIpc) is 2.78. The molecule has 114 valence electrons. The van der Waals surface area contributed by atoms with Crippen LogP contribution < -0.4 is 0 Å². The maximum absolute atomic E-state index is 12.3. The highest BCUT2D eigenvalue weighted by Crippen LogP contribution is 2.36. The van der Waals surface area contributed by atoms with E-state index in [4.69, 9.17) is 17.1 Å². The maximum Gasteiger partial charge on any atom is 0.261 e. The number of aromatic hydroxyl groups is 1. The molecule has 1 heterocycles. The molecule has 0 spiro atoms. The standard InChI is InChI=1S/C15H9ClN4O3/c16-11-5-8(6-12(13(11)21)18-19-17)7-20-14(22)9-3-1-2-4-10(9)15(20)23/h1-6,21H,7H2. The number of benzene rings is 2. The molecule has 0 aliphatic carbocycles. The second kappa shape index (κ2) is 5.64. The van der Waals surface area contributed by atoms with Crippen LogP contribution in [0.1, 0.15) is 26.3 Å². The first-order valence-electron chi connectivity index (χ1n) is 6.54. The van der Waals surface area contributed by atoms with Crippen LogP contribution in [0, 0.1) is 0 Å². The summed E-state index contributed by atoms with van der Waals surface area (Å²) in [5, 5.41) is 13.0. The Bertz CT molecular complexity index is 855. The fourth-order valence-electron chi connectivity index (χ4n) is 2.42. The molecule has 2 amide bonds. The van der Waals surface area contributed by atoms with E-state index < -0.39 is 11.8 Å². The van der Waals surface area contributed by atoms with Gasteiger partial charge in [-0.1, -0.05) is 28.8 Å². The van der Waals surface area contributed by atoms with Gasteiger partial charge in [0.2, 0.25) is 0 Å². The fourth-order valence-corrected chi connectivity index (χ4v) is 2.66. The minimum Gasteiger partial charge on any atom is -0.506 e. The van der Waals surface area contributed by atoms with E-state index in [1.54, 1.807) is 24.3 Å². The van der Waals surface area contributed by atoms with Crippen LogP contribution in [0.3, 0.4) is 0 Å². The monoisotopic (exact) mass is 328 g/mol. The molecule has 1 aliphatic heterocycles. The van der Waals surface area contributed by atoms with Gasteiger partial charge in [0.15, 0.2) is 0 Å². The molecule has 0 bridgehead atoms. The number of carbonyl (C=O) groups is 2. The van der Waals surface area contributed by atoms with Crippen LogP contribution in [-0.2, 0) is 6.54 Å². The lowest BCUT2D eigenvalue weighted by atomic mass is 10.1. The van der Waals surface area contributed by atoms with Crippen molar-refractivity contribution in [1.82, 2.24) is 4.90 Å².